The van der Waals surface area contributed by atoms with E-state index in [0.717, 1.165) is 11.1 Å². The minimum atomic E-state index is -0.231. The van der Waals surface area contributed by atoms with E-state index in [1.54, 1.807) is 12.3 Å². The average Bonchev–Trinajstić information content (AvgIpc) is 2.71. The fourth-order valence-corrected chi connectivity index (χ4v) is 2.76. The molecule has 2 heterocycles. The first kappa shape index (κ1) is 11.6. The van der Waals surface area contributed by atoms with Crippen molar-refractivity contribution in [1.82, 2.24) is 10.2 Å². The number of halogens is 1. The van der Waals surface area contributed by atoms with Gasteiger partial charge < -0.3 is 10.5 Å². The molecule has 18 heavy (non-hydrogen) atoms. The number of benzene rings is 1. The molecule has 3 N–H and O–H groups in total. The lowest BCUT2D eigenvalue weighted by Crippen LogP contribution is -2.30. The van der Waals surface area contributed by atoms with E-state index in [4.69, 9.17) is 10.5 Å². The average molecular weight is 265 g/mol. The Morgan fingerprint density at radius 3 is 2.83 bits per heavy atom. The highest BCUT2D eigenvalue weighted by Gasteiger charge is 2.21. The zero-order chi connectivity index (χ0) is 12.5. The van der Waals surface area contributed by atoms with Crippen molar-refractivity contribution in [3.63, 3.8) is 0 Å². The smallest absolute Gasteiger partial charge is 0.137 e. The summed E-state index contributed by atoms with van der Waals surface area (Å²) in [5.74, 6) is 0.215. The summed E-state index contributed by atoms with van der Waals surface area (Å²) in [5.41, 5.74) is 7.16. The number of aromatic amines is 1. The molecule has 2 aromatic rings. The molecule has 1 aromatic heterocycles. The number of nitrogens with zero attached hydrogens (tertiary/aromatic N) is 1. The van der Waals surface area contributed by atoms with Gasteiger partial charge in [0.25, 0.3) is 0 Å². The fourth-order valence-electron chi connectivity index (χ4n) is 1.75. The number of ether oxygens (including phenoxy) is 1. The highest BCUT2D eigenvalue weighted by molar-refractivity contribution is 8.00. The Labute approximate surface area is 108 Å². The molecule has 1 fully saturated rings. The first-order chi connectivity index (χ1) is 8.74. The summed E-state index contributed by atoms with van der Waals surface area (Å²) in [7, 11) is 0. The molecule has 0 unspecified atom stereocenters. The molecule has 1 aromatic carbocycles. The minimum absolute atomic E-state index is 0.231. The van der Waals surface area contributed by atoms with Crippen LogP contribution in [0, 0.1) is 5.82 Å². The normalized spacial score (nSPS) is 15.6. The Morgan fingerprint density at radius 2 is 2.28 bits per heavy atom. The lowest BCUT2D eigenvalue weighted by atomic mass is 10.1. The van der Waals surface area contributed by atoms with Gasteiger partial charge in [0.05, 0.1) is 24.7 Å². The van der Waals surface area contributed by atoms with E-state index < -0.39 is 0 Å². The Hall–Kier alpha value is -1.53. The van der Waals surface area contributed by atoms with Gasteiger partial charge in [0.15, 0.2) is 0 Å². The predicted octanol–water partition coefficient (Wildman–Crippen LogP) is 2.29. The van der Waals surface area contributed by atoms with Gasteiger partial charge in [0.1, 0.15) is 11.6 Å². The van der Waals surface area contributed by atoms with Crippen LogP contribution in [0.2, 0.25) is 0 Å². The zero-order valence-electron chi connectivity index (χ0n) is 9.52. The van der Waals surface area contributed by atoms with Crippen molar-refractivity contribution in [3.05, 3.63) is 30.2 Å². The summed E-state index contributed by atoms with van der Waals surface area (Å²) in [4.78, 5) is 0.647. The summed E-state index contributed by atoms with van der Waals surface area (Å²) < 4.78 is 19.0. The van der Waals surface area contributed by atoms with Crippen molar-refractivity contribution in [3.8, 4) is 11.1 Å². The van der Waals surface area contributed by atoms with Crippen molar-refractivity contribution in [2.24, 2.45) is 0 Å². The number of anilines is 1. The number of aromatic nitrogens is 2. The summed E-state index contributed by atoms with van der Waals surface area (Å²) >= 11 is 1.51. The molecular weight excluding hydrogens is 253 g/mol. The lowest BCUT2D eigenvalue weighted by molar-refractivity contribution is 0.0455. The van der Waals surface area contributed by atoms with Gasteiger partial charge in [0, 0.05) is 10.5 Å². The van der Waals surface area contributed by atoms with Crippen LogP contribution in [-0.2, 0) is 4.74 Å². The molecule has 0 atom stereocenters. The standard InChI is InChI=1S/C12H12FN3OS/c13-10-3-7(9-4-15-16-12(9)14)1-2-11(10)18-8-5-17-6-8/h1-4,8H,5-6H2,(H3,14,15,16). The second-order valence-electron chi connectivity index (χ2n) is 4.12. The van der Waals surface area contributed by atoms with Crippen LogP contribution in [0.25, 0.3) is 11.1 Å². The van der Waals surface area contributed by atoms with Gasteiger partial charge in [-0.1, -0.05) is 6.07 Å². The van der Waals surface area contributed by atoms with E-state index >= 15 is 0 Å². The van der Waals surface area contributed by atoms with Crippen molar-refractivity contribution in [1.29, 1.82) is 0 Å². The maximum Gasteiger partial charge on any atom is 0.137 e. The minimum Gasteiger partial charge on any atom is -0.384 e. The van der Waals surface area contributed by atoms with E-state index in [-0.39, 0.29) is 5.82 Å². The van der Waals surface area contributed by atoms with Crippen molar-refractivity contribution >= 4 is 17.6 Å². The Balaban J connectivity index is 1.86. The lowest BCUT2D eigenvalue weighted by Gasteiger charge is -2.25. The molecule has 3 rings (SSSR count). The highest BCUT2D eigenvalue weighted by Crippen LogP contribution is 2.33. The van der Waals surface area contributed by atoms with Crippen LogP contribution in [0.5, 0.6) is 0 Å². The fraction of sp³-hybridized carbons (Fsp3) is 0.250. The first-order valence-corrected chi connectivity index (χ1v) is 6.45. The topological polar surface area (TPSA) is 63.9 Å². The Kier molecular flexibility index (Phi) is 2.97. The highest BCUT2D eigenvalue weighted by atomic mass is 32.2. The zero-order valence-corrected chi connectivity index (χ0v) is 10.3. The third-order valence-corrected chi connectivity index (χ3v) is 4.00. The molecule has 1 aliphatic rings. The second-order valence-corrected chi connectivity index (χ2v) is 5.46. The number of nitrogens with two attached hydrogens (primary N) is 1. The molecule has 94 valence electrons. The molecule has 0 bridgehead atoms. The number of nitrogen functional groups attached to an aromatic ring is 1. The van der Waals surface area contributed by atoms with Crippen LogP contribution >= 0.6 is 11.8 Å². The van der Waals surface area contributed by atoms with E-state index in [1.807, 2.05) is 6.07 Å². The molecule has 0 radical (unpaired) electrons. The summed E-state index contributed by atoms with van der Waals surface area (Å²) in [6.45, 7) is 1.39. The molecule has 0 saturated carbocycles. The van der Waals surface area contributed by atoms with Crippen LogP contribution in [0.3, 0.4) is 0 Å². The molecule has 4 nitrogen and oxygen atoms in total. The van der Waals surface area contributed by atoms with Gasteiger partial charge in [-0.3, -0.25) is 5.10 Å². The number of rotatable bonds is 3. The Morgan fingerprint density at radius 1 is 1.44 bits per heavy atom. The van der Waals surface area contributed by atoms with E-state index in [1.165, 1.54) is 17.8 Å². The van der Waals surface area contributed by atoms with E-state index in [0.29, 0.717) is 29.2 Å². The summed E-state index contributed by atoms with van der Waals surface area (Å²) in [5, 5.41) is 6.83. The number of nitrogens with one attached hydrogen (secondary N) is 1. The van der Waals surface area contributed by atoms with Crippen molar-refractivity contribution < 1.29 is 9.13 Å². The third-order valence-electron chi connectivity index (χ3n) is 2.81. The third kappa shape index (κ3) is 2.09. The molecule has 0 amide bonds. The number of hydrogen-bond acceptors (Lipinski definition) is 4. The van der Waals surface area contributed by atoms with Crippen LogP contribution in [-0.4, -0.2) is 28.7 Å². The molecule has 1 saturated heterocycles. The van der Waals surface area contributed by atoms with Gasteiger partial charge in [-0.05, 0) is 17.7 Å². The first-order valence-electron chi connectivity index (χ1n) is 5.57. The second kappa shape index (κ2) is 4.62. The van der Waals surface area contributed by atoms with E-state index in [9.17, 15) is 4.39 Å². The van der Waals surface area contributed by atoms with Crippen molar-refractivity contribution in [2.75, 3.05) is 18.9 Å². The maximum atomic E-state index is 14.0. The van der Waals surface area contributed by atoms with Gasteiger partial charge in [-0.25, -0.2) is 4.39 Å². The summed E-state index contributed by atoms with van der Waals surface area (Å²) in [6, 6.07) is 5.12. The molecule has 1 aliphatic heterocycles. The van der Waals surface area contributed by atoms with Gasteiger partial charge in [-0.15, -0.1) is 11.8 Å². The van der Waals surface area contributed by atoms with Crippen LogP contribution in [0.4, 0.5) is 10.2 Å². The van der Waals surface area contributed by atoms with Crippen LogP contribution in [0.1, 0.15) is 0 Å². The molecule has 0 spiro atoms. The Bertz CT molecular complexity index is 568. The number of H-pyrrole nitrogens is 1. The van der Waals surface area contributed by atoms with Crippen molar-refractivity contribution in [2.45, 2.75) is 10.1 Å². The molecular formula is C12H12FN3OS. The van der Waals surface area contributed by atoms with Crippen LogP contribution < -0.4 is 5.73 Å². The molecule has 0 aliphatic carbocycles. The van der Waals surface area contributed by atoms with Gasteiger partial charge >= 0.3 is 0 Å². The monoisotopic (exact) mass is 265 g/mol. The molecule has 6 heteroatoms. The number of hydrogen-bond donors (Lipinski definition) is 2. The SMILES string of the molecule is Nc1[nH]ncc1-c1ccc(SC2COC2)c(F)c1. The van der Waals surface area contributed by atoms with Gasteiger partial charge in [0.2, 0.25) is 0 Å². The number of thioether (sulfide) groups is 1. The van der Waals surface area contributed by atoms with E-state index in [2.05, 4.69) is 10.2 Å². The maximum absolute atomic E-state index is 14.0. The van der Waals surface area contributed by atoms with Gasteiger partial charge in [-0.2, -0.15) is 5.10 Å². The predicted molar refractivity (Wildman–Crippen MR) is 68.9 cm³/mol. The largest absolute Gasteiger partial charge is 0.384 e. The van der Waals surface area contributed by atoms with Crippen LogP contribution in [0.15, 0.2) is 29.3 Å². The quantitative estimate of drug-likeness (QED) is 0.893. The summed E-state index contributed by atoms with van der Waals surface area (Å²) in [6.07, 6.45) is 1.59.